The van der Waals surface area contributed by atoms with Gasteiger partial charge in [-0.15, -0.1) is 0 Å². The molecule has 3 rings (SSSR count). The molecule has 2 aliphatic heterocycles. The first-order chi connectivity index (χ1) is 11.1. The first kappa shape index (κ1) is 16.5. The molecule has 0 aromatic carbocycles. The van der Waals surface area contributed by atoms with E-state index in [4.69, 9.17) is 9.47 Å². The highest BCUT2D eigenvalue weighted by atomic mass is 16.5. The van der Waals surface area contributed by atoms with Gasteiger partial charge in [0.2, 0.25) is 0 Å². The van der Waals surface area contributed by atoms with Crippen LogP contribution in [0.15, 0.2) is 6.07 Å². The van der Waals surface area contributed by atoms with Gasteiger partial charge in [-0.2, -0.15) is 5.10 Å². The highest BCUT2D eigenvalue weighted by Gasteiger charge is 2.40. The third-order valence-electron chi connectivity index (χ3n) is 4.91. The molecule has 3 heterocycles. The number of likely N-dealkylation sites (tertiary alicyclic amines) is 1. The predicted octanol–water partition coefficient (Wildman–Crippen LogP) is 1.87. The number of carbonyl (C=O) groups excluding carboxylic acids is 1. The summed E-state index contributed by atoms with van der Waals surface area (Å²) in [5, 5.41) is 4.45. The second-order valence-electron chi connectivity index (χ2n) is 6.72. The monoisotopic (exact) mass is 321 g/mol. The minimum absolute atomic E-state index is 0.0908. The zero-order valence-electron chi connectivity index (χ0n) is 14.2. The molecule has 6 heteroatoms. The number of aromatic nitrogens is 2. The maximum Gasteiger partial charge on any atom is 0.272 e. The Balaban J connectivity index is 1.72. The van der Waals surface area contributed by atoms with Gasteiger partial charge in [-0.3, -0.25) is 9.48 Å². The van der Waals surface area contributed by atoms with Crippen LogP contribution >= 0.6 is 0 Å². The van der Waals surface area contributed by atoms with E-state index in [1.54, 1.807) is 4.68 Å². The normalized spacial score (nSPS) is 24.5. The number of hydrogen-bond acceptors (Lipinski definition) is 4. The van der Waals surface area contributed by atoms with Crippen LogP contribution in [0.2, 0.25) is 0 Å². The van der Waals surface area contributed by atoms with E-state index in [0.717, 1.165) is 44.8 Å². The van der Waals surface area contributed by atoms with Crippen LogP contribution in [0.4, 0.5) is 0 Å². The topological polar surface area (TPSA) is 56.6 Å². The van der Waals surface area contributed by atoms with E-state index in [-0.39, 0.29) is 11.3 Å². The Labute approximate surface area is 137 Å². The van der Waals surface area contributed by atoms with Crippen molar-refractivity contribution >= 4 is 5.91 Å². The van der Waals surface area contributed by atoms with E-state index in [9.17, 15) is 4.79 Å². The summed E-state index contributed by atoms with van der Waals surface area (Å²) in [4.78, 5) is 15.0. The maximum atomic E-state index is 13.0. The summed E-state index contributed by atoms with van der Waals surface area (Å²) in [6.45, 7) is 9.02. The van der Waals surface area contributed by atoms with E-state index in [2.05, 4.69) is 5.10 Å². The Morgan fingerprint density at radius 2 is 2.35 bits per heavy atom. The first-order valence-electron chi connectivity index (χ1n) is 8.63. The zero-order valence-corrected chi connectivity index (χ0v) is 14.2. The first-order valence-corrected chi connectivity index (χ1v) is 8.63. The number of nitrogens with zero attached hydrogens (tertiary/aromatic N) is 3. The second-order valence-corrected chi connectivity index (χ2v) is 6.72. The fraction of sp³-hybridized carbons (Fsp3) is 0.765. The van der Waals surface area contributed by atoms with Gasteiger partial charge in [0.05, 0.1) is 25.5 Å². The van der Waals surface area contributed by atoms with E-state index in [1.165, 1.54) is 6.42 Å². The van der Waals surface area contributed by atoms with Gasteiger partial charge in [-0.1, -0.05) is 0 Å². The van der Waals surface area contributed by atoms with Crippen LogP contribution in [0.25, 0.3) is 0 Å². The average molecular weight is 321 g/mol. The Kier molecular flexibility index (Phi) is 5.02. The Morgan fingerprint density at radius 3 is 3.09 bits per heavy atom. The van der Waals surface area contributed by atoms with E-state index in [0.29, 0.717) is 25.5 Å². The van der Waals surface area contributed by atoms with Crippen molar-refractivity contribution in [1.29, 1.82) is 0 Å². The molecule has 128 valence electrons. The SMILES string of the molecule is CCOCCn1nc(C)cc1C(=O)N1CCC[C@]2(CCOC2)C1. The maximum absolute atomic E-state index is 13.0. The second kappa shape index (κ2) is 7.01. The van der Waals surface area contributed by atoms with Gasteiger partial charge in [0.15, 0.2) is 0 Å². The lowest BCUT2D eigenvalue weighted by Gasteiger charge is -2.39. The summed E-state index contributed by atoms with van der Waals surface area (Å²) < 4.78 is 12.8. The fourth-order valence-corrected chi connectivity index (χ4v) is 3.70. The number of carbonyl (C=O) groups is 1. The van der Waals surface area contributed by atoms with Crippen LogP contribution in [0.5, 0.6) is 0 Å². The summed E-state index contributed by atoms with van der Waals surface area (Å²) in [7, 11) is 0. The van der Waals surface area contributed by atoms with Crippen LogP contribution in [0.3, 0.4) is 0 Å². The third-order valence-corrected chi connectivity index (χ3v) is 4.91. The van der Waals surface area contributed by atoms with Gasteiger partial charge in [0.25, 0.3) is 5.91 Å². The van der Waals surface area contributed by atoms with Gasteiger partial charge < -0.3 is 14.4 Å². The van der Waals surface area contributed by atoms with Gasteiger partial charge in [-0.05, 0) is 39.2 Å². The lowest BCUT2D eigenvalue weighted by Crippen LogP contribution is -2.47. The largest absolute Gasteiger partial charge is 0.381 e. The quantitative estimate of drug-likeness (QED) is 0.777. The molecule has 1 aromatic heterocycles. The molecule has 2 saturated heterocycles. The molecule has 0 bridgehead atoms. The highest BCUT2D eigenvalue weighted by Crippen LogP contribution is 2.38. The van der Waals surface area contributed by atoms with Crippen molar-refractivity contribution in [3.8, 4) is 0 Å². The van der Waals surface area contributed by atoms with Crippen molar-refractivity contribution < 1.29 is 14.3 Å². The molecule has 0 saturated carbocycles. The van der Waals surface area contributed by atoms with E-state index >= 15 is 0 Å². The van der Waals surface area contributed by atoms with Crippen molar-refractivity contribution in [3.63, 3.8) is 0 Å². The zero-order chi connectivity index (χ0) is 16.3. The standard InChI is InChI=1S/C17H27N3O3/c1-3-22-10-8-20-15(11-14(2)18-20)16(21)19-7-4-5-17(12-19)6-9-23-13-17/h11H,3-10,12-13H2,1-2H3/t17-/m0/s1. The van der Waals surface area contributed by atoms with Crippen LogP contribution in [0, 0.1) is 12.3 Å². The summed E-state index contributed by atoms with van der Waals surface area (Å²) in [6.07, 6.45) is 3.29. The predicted molar refractivity (Wildman–Crippen MR) is 86.5 cm³/mol. The summed E-state index contributed by atoms with van der Waals surface area (Å²) in [5.74, 6) is 0.0908. The number of piperidine rings is 1. The fourth-order valence-electron chi connectivity index (χ4n) is 3.70. The van der Waals surface area contributed by atoms with E-state index < -0.39 is 0 Å². The molecule has 1 atom stereocenters. The molecule has 1 aromatic rings. The molecule has 0 radical (unpaired) electrons. The summed E-state index contributed by atoms with van der Waals surface area (Å²) >= 11 is 0. The smallest absolute Gasteiger partial charge is 0.272 e. The molecular weight excluding hydrogens is 294 g/mol. The van der Waals surface area contributed by atoms with Crippen molar-refractivity contribution in [2.75, 3.05) is 39.5 Å². The van der Waals surface area contributed by atoms with Crippen LogP contribution in [-0.2, 0) is 16.0 Å². The lowest BCUT2D eigenvalue weighted by atomic mass is 9.79. The molecule has 0 aliphatic carbocycles. The summed E-state index contributed by atoms with van der Waals surface area (Å²) in [5.41, 5.74) is 1.73. The molecule has 1 spiro atoms. The van der Waals surface area contributed by atoms with Crippen molar-refractivity contribution in [3.05, 3.63) is 17.5 Å². The van der Waals surface area contributed by atoms with E-state index in [1.807, 2.05) is 24.8 Å². The van der Waals surface area contributed by atoms with Crippen LogP contribution < -0.4 is 0 Å². The number of aryl methyl sites for hydroxylation is 1. The Hall–Kier alpha value is -1.40. The molecule has 2 aliphatic rings. The lowest BCUT2D eigenvalue weighted by molar-refractivity contribution is 0.0449. The number of rotatable bonds is 5. The van der Waals surface area contributed by atoms with Gasteiger partial charge in [-0.25, -0.2) is 0 Å². The highest BCUT2D eigenvalue weighted by molar-refractivity contribution is 5.92. The Morgan fingerprint density at radius 1 is 1.48 bits per heavy atom. The number of hydrogen-bond donors (Lipinski definition) is 0. The molecule has 1 amide bonds. The average Bonchev–Trinajstić information content (AvgIpc) is 3.14. The van der Waals surface area contributed by atoms with Gasteiger partial charge in [0, 0.05) is 31.7 Å². The third kappa shape index (κ3) is 3.58. The number of amides is 1. The van der Waals surface area contributed by atoms with Crippen LogP contribution in [-0.4, -0.2) is 60.1 Å². The molecule has 2 fully saturated rings. The molecule has 23 heavy (non-hydrogen) atoms. The Bertz CT molecular complexity index is 549. The molecule has 0 unspecified atom stereocenters. The number of ether oxygens (including phenoxy) is 2. The molecule has 6 nitrogen and oxygen atoms in total. The van der Waals surface area contributed by atoms with Gasteiger partial charge in [0.1, 0.15) is 5.69 Å². The van der Waals surface area contributed by atoms with Crippen molar-refractivity contribution in [2.45, 2.75) is 39.7 Å². The van der Waals surface area contributed by atoms with Gasteiger partial charge >= 0.3 is 0 Å². The summed E-state index contributed by atoms with van der Waals surface area (Å²) in [6, 6.07) is 1.89. The molecular formula is C17H27N3O3. The van der Waals surface area contributed by atoms with Crippen molar-refractivity contribution in [2.24, 2.45) is 5.41 Å². The van der Waals surface area contributed by atoms with Crippen molar-refractivity contribution in [1.82, 2.24) is 14.7 Å². The minimum Gasteiger partial charge on any atom is -0.381 e. The minimum atomic E-state index is 0.0908. The molecule has 0 N–H and O–H groups in total. The van der Waals surface area contributed by atoms with Crippen LogP contribution in [0.1, 0.15) is 42.4 Å².